The summed E-state index contributed by atoms with van der Waals surface area (Å²) in [6.45, 7) is 4.26. The molecule has 3 N–H and O–H groups in total. The fourth-order valence-electron chi connectivity index (χ4n) is 9.24. The number of hydrogen-bond donors (Lipinski definition) is 3. The molecule has 4 aliphatic carbocycles. The van der Waals surface area contributed by atoms with Crippen molar-refractivity contribution in [3.8, 4) is 0 Å². The average Bonchev–Trinajstić information content (AvgIpc) is 3.37. The van der Waals surface area contributed by atoms with Crippen LogP contribution in [0.5, 0.6) is 0 Å². The van der Waals surface area contributed by atoms with E-state index in [0.717, 1.165) is 32.1 Å². The van der Waals surface area contributed by atoms with Gasteiger partial charge in [-0.15, -0.1) is 0 Å². The minimum atomic E-state index is -1.10. The van der Waals surface area contributed by atoms with Gasteiger partial charge in [-0.25, -0.2) is 9.59 Å². The first-order valence-corrected chi connectivity index (χ1v) is 13.9. The van der Waals surface area contributed by atoms with Crippen molar-refractivity contribution in [3.05, 3.63) is 47.2 Å². The zero-order valence-electron chi connectivity index (χ0n) is 21.7. The van der Waals surface area contributed by atoms with Gasteiger partial charge < -0.3 is 24.8 Å². The minimum Gasteiger partial charge on any atom is -0.455 e. The van der Waals surface area contributed by atoms with Crippen molar-refractivity contribution in [2.75, 3.05) is 6.61 Å². The van der Waals surface area contributed by atoms with E-state index >= 15 is 0 Å². The fraction of sp³-hybridized carbons (Fsp3) is 0.667. The topological polar surface area (TPSA) is 113 Å². The van der Waals surface area contributed by atoms with Crippen LogP contribution in [0.25, 0.3) is 0 Å². The number of fused-ring (bicyclic) bond motifs is 5. The second-order valence-electron chi connectivity index (χ2n) is 12.7. The first-order valence-electron chi connectivity index (χ1n) is 13.9. The summed E-state index contributed by atoms with van der Waals surface area (Å²) in [5.74, 6) is -1.10. The lowest BCUT2D eigenvalue weighted by molar-refractivity contribution is -0.245. The number of ether oxygens (including phenoxy) is 2. The zero-order valence-corrected chi connectivity index (χ0v) is 21.7. The van der Waals surface area contributed by atoms with Gasteiger partial charge in [0.05, 0.1) is 23.4 Å². The van der Waals surface area contributed by atoms with Gasteiger partial charge in [0, 0.05) is 11.0 Å². The minimum absolute atomic E-state index is 0.00503. The van der Waals surface area contributed by atoms with Gasteiger partial charge in [-0.05, 0) is 92.6 Å². The van der Waals surface area contributed by atoms with Crippen molar-refractivity contribution in [1.82, 2.24) is 0 Å². The lowest BCUT2D eigenvalue weighted by Crippen LogP contribution is -2.67. The Bertz CT molecular complexity index is 1130. The predicted molar refractivity (Wildman–Crippen MR) is 134 cm³/mol. The Morgan fingerprint density at radius 3 is 2.51 bits per heavy atom. The molecule has 0 amide bonds. The molecule has 4 fully saturated rings. The molecule has 9 atom stereocenters. The van der Waals surface area contributed by atoms with Crippen LogP contribution in [0.2, 0.25) is 0 Å². The van der Waals surface area contributed by atoms with Crippen LogP contribution in [0.1, 0.15) is 75.6 Å². The second kappa shape index (κ2) is 8.65. The molecule has 0 spiro atoms. The quantitative estimate of drug-likeness (QED) is 0.531. The van der Waals surface area contributed by atoms with E-state index < -0.39 is 29.1 Å². The third-order valence-corrected chi connectivity index (χ3v) is 11.4. The van der Waals surface area contributed by atoms with Crippen molar-refractivity contribution in [2.24, 2.45) is 34.5 Å². The Kier molecular flexibility index (Phi) is 5.86. The lowest BCUT2D eigenvalue weighted by Gasteiger charge is -2.64. The first kappa shape index (κ1) is 25.1. The molecule has 7 heteroatoms. The molecule has 0 saturated heterocycles. The summed E-state index contributed by atoms with van der Waals surface area (Å²) in [6, 6.07) is 8.52. The van der Waals surface area contributed by atoms with Crippen LogP contribution in [0, 0.1) is 34.5 Å². The van der Waals surface area contributed by atoms with E-state index in [9.17, 15) is 24.9 Å². The Labute approximate surface area is 217 Å². The number of benzene rings is 1. The molecule has 37 heavy (non-hydrogen) atoms. The highest BCUT2D eigenvalue weighted by Gasteiger charge is 2.71. The Morgan fingerprint density at radius 1 is 1.00 bits per heavy atom. The van der Waals surface area contributed by atoms with Gasteiger partial charge in [-0.1, -0.05) is 32.0 Å². The third-order valence-electron chi connectivity index (χ3n) is 11.4. The lowest BCUT2D eigenvalue weighted by atomic mass is 9.42. The molecule has 4 saturated carbocycles. The van der Waals surface area contributed by atoms with Crippen LogP contribution in [0.15, 0.2) is 41.7 Å². The number of aliphatic hydroxyl groups is 3. The predicted octanol–water partition coefficient (Wildman–Crippen LogP) is 3.76. The summed E-state index contributed by atoms with van der Waals surface area (Å²) in [7, 11) is 0. The molecule has 1 aromatic rings. The molecule has 0 aromatic heterocycles. The smallest absolute Gasteiger partial charge is 0.374 e. The SMILES string of the molecule is C[C@]12CC[C@H](O)C[C@H]1CC[C@@H]1[C@@H]2C[C@@H](O)[C@]2(C)[C@@H](C3=C(OC(=O)c4ccccc4)C(=O)OC3)CC[C@]12O. The van der Waals surface area contributed by atoms with E-state index in [0.29, 0.717) is 36.3 Å². The summed E-state index contributed by atoms with van der Waals surface area (Å²) in [5, 5.41) is 34.6. The molecular weight excluding hydrogens is 472 g/mol. The van der Waals surface area contributed by atoms with Gasteiger partial charge in [-0.3, -0.25) is 0 Å². The van der Waals surface area contributed by atoms with E-state index in [1.807, 2.05) is 6.92 Å². The van der Waals surface area contributed by atoms with Gasteiger partial charge >= 0.3 is 11.9 Å². The standard InChI is InChI=1S/C30H38O7/c1-28-12-10-19(31)14-18(28)8-9-22-23(28)15-24(32)29(2)21(11-13-30(22,29)35)20-16-36-27(34)25(20)37-26(33)17-6-4-3-5-7-17/h3-7,18-19,21-24,31-32,35H,8-16H2,1-2H3/t18-,19+,21-,22-,23+,24-,28+,29+,30+/m1/s1. The van der Waals surface area contributed by atoms with Crippen LogP contribution >= 0.6 is 0 Å². The molecule has 1 heterocycles. The maximum absolute atomic E-state index is 12.8. The van der Waals surface area contributed by atoms with Gasteiger partial charge in [0.1, 0.15) is 6.61 Å². The number of carbonyl (C=O) groups excluding carboxylic acids is 2. The molecular formula is C30H38O7. The largest absolute Gasteiger partial charge is 0.455 e. The van der Waals surface area contributed by atoms with Crippen molar-refractivity contribution in [2.45, 2.75) is 83.0 Å². The van der Waals surface area contributed by atoms with E-state index in [2.05, 4.69) is 6.92 Å². The van der Waals surface area contributed by atoms with Crippen LogP contribution in [-0.2, 0) is 14.3 Å². The van der Waals surface area contributed by atoms with Gasteiger partial charge in [0.15, 0.2) is 0 Å². The molecule has 1 aliphatic heterocycles. The monoisotopic (exact) mass is 510 g/mol. The number of hydrogen-bond acceptors (Lipinski definition) is 7. The van der Waals surface area contributed by atoms with Crippen molar-refractivity contribution in [1.29, 1.82) is 0 Å². The average molecular weight is 511 g/mol. The Morgan fingerprint density at radius 2 is 1.76 bits per heavy atom. The fourth-order valence-corrected chi connectivity index (χ4v) is 9.24. The molecule has 1 aromatic carbocycles. The molecule has 6 rings (SSSR count). The van der Waals surface area contributed by atoms with Gasteiger partial charge in [-0.2, -0.15) is 0 Å². The highest BCUT2D eigenvalue weighted by Crippen LogP contribution is 2.70. The second-order valence-corrected chi connectivity index (χ2v) is 12.7. The molecule has 5 aliphatic rings. The third kappa shape index (κ3) is 3.50. The van der Waals surface area contributed by atoms with E-state index in [4.69, 9.17) is 9.47 Å². The van der Waals surface area contributed by atoms with E-state index in [1.165, 1.54) is 0 Å². The number of esters is 2. The number of cyclic esters (lactones) is 1. The van der Waals surface area contributed by atoms with Crippen molar-refractivity contribution in [3.63, 3.8) is 0 Å². The van der Waals surface area contributed by atoms with E-state index in [1.54, 1.807) is 30.3 Å². The molecule has 0 unspecified atom stereocenters. The summed E-state index contributed by atoms with van der Waals surface area (Å²) in [5.41, 5.74) is -1.09. The van der Waals surface area contributed by atoms with Gasteiger partial charge in [0.2, 0.25) is 5.76 Å². The molecule has 7 nitrogen and oxygen atoms in total. The van der Waals surface area contributed by atoms with Gasteiger partial charge in [0.25, 0.3) is 0 Å². The Hall–Kier alpha value is -2.22. The summed E-state index contributed by atoms with van der Waals surface area (Å²) < 4.78 is 11.0. The normalized spacial score (nSPS) is 45.1. The maximum atomic E-state index is 12.8. The van der Waals surface area contributed by atoms with Crippen LogP contribution in [0.3, 0.4) is 0 Å². The summed E-state index contributed by atoms with van der Waals surface area (Å²) >= 11 is 0. The molecule has 200 valence electrons. The van der Waals surface area contributed by atoms with Crippen LogP contribution < -0.4 is 0 Å². The number of carbonyl (C=O) groups is 2. The molecule has 0 bridgehead atoms. The van der Waals surface area contributed by atoms with Crippen LogP contribution in [-0.4, -0.2) is 51.7 Å². The van der Waals surface area contributed by atoms with E-state index in [-0.39, 0.29) is 41.6 Å². The summed E-state index contributed by atoms with van der Waals surface area (Å²) in [6.07, 6.45) is 4.99. The van der Waals surface area contributed by atoms with Crippen molar-refractivity contribution < 1.29 is 34.4 Å². The summed E-state index contributed by atoms with van der Waals surface area (Å²) in [4.78, 5) is 25.5. The highest BCUT2D eigenvalue weighted by molar-refractivity contribution is 5.97. The Balaban J connectivity index is 1.33. The first-order chi connectivity index (χ1) is 17.6. The zero-order chi connectivity index (χ0) is 26.2. The van der Waals surface area contributed by atoms with Crippen LogP contribution in [0.4, 0.5) is 0 Å². The maximum Gasteiger partial charge on any atom is 0.374 e. The number of aliphatic hydroxyl groups excluding tert-OH is 2. The van der Waals surface area contributed by atoms with Crippen molar-refractivity contribution >= 4 is 11.9 Å². The highest BCUT2D eigenvalue weighted by atomic mass is 16.6. The molecule has 0 radical (unpaired) electrons. The number of rotatable bonds is 3.